The van der Waals surface area contributed by atoms with Crippen LogP contribution in [0.5, 0.6) is 0 Å². The minimum Gasteiger partial charge on any atom is -0.343 e. The van der Waals surface area contributed by atoms with Gasteiger partial charge in [-0.2, -0.15) is 0 Å². The van der Waals surface area contributed by atoms with Crippen LogP contribution in [-0.4, -0.2) is 16.1 Å². The normalized spacial score (nSPS) is 10.9. The molecule has 0 aromatic carbocycles. The molecule has 0 atom stereocenters. The largest absolute Gasteiger partial charge is 0.343 e. The molecule has 2 rings (SSSR count). The van der Waals surface area contributed by atoms with Gasteiger partial charge in [0.15, 0.2) is 0 Å². The third-order valence-electron chi connectivity index (χ3n) is 2.45. The van der Waals surface area contributed by atoms with Crippen molar-refractivity contribution in [3.8, 4) is 0 Å². The van der Waals surface area contributed by atoms with Crippen LogP contribution < -0.4 is 5.32 Å². The quantitative estimate of drug-likeness (QED) is 0.862. The maximum atomic E-state index is 4.48. The highest BCUT2D eigenvalue weighted by Gasteiger charge is 2.03. The number of aromatic nitrogens is 2. The van der Waals surface area contributed by atoms with Gasteiger partial charge in [-0.05, 0) is 25.6 Å². The zero-order valence-corrected chi connectivity index (χ0v) is 10.5. The Morgan fingerprint density at radius 2 is 2.38 bits per heavy atom. The Hall–Kier alpha value is -1.13. The monoisotopic (exact) mass is 235 g/mol. The Bertz CT molecular complexity index is 445. The molecule has 0 aliphatic carbocycles. The van der Waals surface area contributed by atoms with E-state index in [0.29, 0.717) is 0 Å². The molecular formula is C12H17N3S. The third-order valence-corrected chi connectivity index (χ3v) is 3.40. The summed E-state index contributed by atoms with van der Waals surface area (Å²) in [5.74, 6) is 0. The Labute approximate surface area is 100 Å². The second-order valence-corrected chi connectivity index (χ2v) is 4.73. The van der Waals surface area contributed by atoms with Gasteiger partial charge in [-0.3, -0.25) is 0 Å². The molecule has 0 spiro atoms. The van der Waals surface area contributed by atoms with Crippen LogP contribution in [0.1, 0.15) is 23.3 Å². The fourth-order valence-electron chi connectivity index (χ4n) is 1.64. The van der Waals surface area contributed by atoms with E-state index in [9.17, 15) is 0 Å². The van der Waals surface area contributed by atoms with Gasteiger partial charge in [-0.1, -0.05) is 6.92 Å². The zero-order valence-electron chi connectivity index (χ0n) is 9.73. The van der Waals surface area contributed by atoms with Crippen molar-refractivity contribution in [2.45, 2.75) is 26.9 Å². The number of aryl methyl sites for hydroxylation is 1. The molecule has 0 bridgehead atoms. The number of hydrogen-bond donors (Lipinski definition) is 1. The van der Waals surface area contributed by atoms with Gasteiger partial charge in [0, 0.05) is 29.5 Å². The van der Waals surface area contributed by atoms with Crippen molar-refractivity contribution in [2.24, 2.45) is 0 Å². The van der Waals surface area contributed by atoms with Crippen LogP contribution in [0.15, 0.2) is 23.7 Å². The predicted molar refractivity (Wildman–Crippen MR) is 67.8 cm³/mol. The molecule has 0 aliphatic heterocycles. The van der Waals surface area contributed by atoms with E-state index in [-0.39, 0.29) is 0 Å². The van der Waals surface area contributed by atoms with Gasteiger partial charge >= 0.3 is 0 Å². The summed E-state index contributed by atoms with van der Waals surface area (Å²) in [5, 5.41) is 6.62. The van der Waals surface area contributed by atoms with Crippen molar-refractivity contribution in [1.29, 1.82) is 0 Å². The topological polar surface area (TPSA) is 29.9 Å². The molecular weight excluding hydrogens is 218 g/mol. The van der Waals surface area contributed by atoms with Crippen LogP contribution in [0.2, 0.25) is 0 Å². The van der Waals surface area contributed by atoms with Gasteiger partial charge in [0.05, 0.1) is 6.54 Å². The fourth-order valence-corrected chi connectivity index (χ4v) is 2.41. The van der Waals surface area contributed by atoms with Crippen LogP contribution in [0.3, 0.4) is 0 Å². The van der Waals surface area contributed by atoms with E-state index in [1.807, 2.05) is 6.92 Å². The van der Waals surface area contributed by atoms with Crippen molar-refractivity contribution < 1.29 is 0 Å². The molecule has 2 heterocycles. The van der Waals surface area contributed by atoms with Crippen LogP contribution in [0.4, 0.5) is 0 Å². The summed E-state index contributed by atoms with van der Waals surface area (Å²) in [6.07, 6.45) is 2.11. The molecule has 0 saturated heterocycles. The lowest BCUT2D eigenvalue weighted by atomic mass is 10.4. The maximum Gasteiger partial charge on any atom is 0.113 e. The second-order valence-electron chi connectivity index (χ2n) is 3.79. The van der Waals surface area contributed by atoms with E-state index in [4.69, 9.17) is 0 Å². The first kappa shape index (κ1) is 11.4. The Morgan fingerprint density at radius 3 is 3.06 bits per heavy atom. The molecule has 4 heteroatoms. The maximum absolute atomic E-state index is 4.48. The second kappa shape index (κ2) is 5.27. The lowest BCUT2D eigenvalue weighted by molar-refractivity contribution is 0.656. The average Bonchev–Trinajstić information content (AvgIpc) is 2.86. The van der Waals surface area contributed by atoms with Gasteiger partial charge in [-0.15, -0.1) is 11.3 Å². The molecule has 0 saturated carbocycles. The fraction of sp³-hybridized carbons (Fsp3) is 0.417. The SMILES string of the molecule is CCNCc1cccn1Cc1nc(C)cs1. The van der Waals surface area contributed by atoms with Crippen LogP contribution >= 0.6 is 11.3 Å². The summed E-state index contributed by atoms with van der Waals surface area (Å²) in [5.41, 5.74) is 2.43. The highest BCUT2D eigenvalue weighted by Crippen LogP contribution is 2.12. The van der Waals surface area contributed by atoms with Crippen molar-refractivity contribution in [1.82, 2.24) is 14.9 Å². The minimum atomic E-state index is 0.881. The molecule has 16 heavy (non-hydrogen) atoms. The van der Waals surface area contributed by atoms with Crippen LogP contribution in [-0.2, 0) is 13.1 Å². The molecule has 2 aromatic rings. The van der Waals surface area contributed by atoms with E-state index in [2.05, 4.69) is 45.5 Å². The van der Waals surface area contributed by atoms with Gasteiger partial charge in [0.2, 0.25) is 0 Å². The number of nitrogens with one attached hydrogen (secondary N) is 1. The summed E-state index contributed by atoms with van der Waals surface area (Å²) in [7, 11) is 0. The molecule has 0 aliphatic rings. The first-order valence-corrected chi connectivity index (χ1v) is 6.43. The van der Waals surface area contributed by atoms with Crippen molar-refractivity contribution in [3.63, 3.8) is 0 Å². The molecule has 1 N–H and O–H groups in total. The lowest BCUT2D eigenvalue weighted by Crippen LogP contribution is -2.15. The molecule has 0 amide bonds. The molecule has 86 valence electrons. The zero-order chi connectivity index (χ0) is 11.4. The Morgan fingerprint density at radius 1 is 1.50 bits per heavy atom. The standard InChI is InChI=1S/C12H17N3S/c1-3-13-7-11-5-4-6-15(11)8-12-14-10(2)9-16-12/h4-6,9,13H,3,7-8H2,1-2H3. The summed E-state index contributed by atoms with van der Waals surface area (Å²) < 4.78 is 2.25. The number of thiazole rings is 1. The van der Waals surface area contributed by atoms with Crippen LogP contribution in [0.25, 0.3) is 0 Å². The van der Waals surface area contributed by atoms with E-state index >= 15 is 0 Å². The summed E-state index contributed by atoms with van der Waals surface area (Å²) in [6.45, 7) is 6.97. The average molecular weight is 235 g/mol. The Balaban J connectivity index is 2.06. The predicted octanol–water partition coefficient (Wildman–Crippen LogP) is 2.41. The van der Waals surface area contributed by atoms with Crippen molar-refractivity contribution >= 4 is 11.3 Å². The smallest absolute Gasteiger partial charge is 0.113 e. The third kappa shape index (κ3) is 2.71. The molecule has 0 unspecified atom stereocenters. The number of hydrogen-bond acceptors (Lipinski definition) is 3. The summed E-state index contributed by atoms with van der Waals surface area (Å²) in [4.78, 5) is 4.48. The molecule has 2 aromatic heterocycles. The first-order valence-electron chi connectivity index (χ1n) is 5.55. The van der Waals surface area contributed by atoms with Gasteiger partial charge < -0.3 is 9.88 Å². The van der Waals surface area contributed by atoms with Gasteiger partial charge in [0.25, 0.3) is 0 Å². The number of nitrogens with zero attached hydrogens (tertiary/aromatic N) is 2. The van der Waals surface area contributed by atoms with E-state index < -0.39 is 0 Å². The van der Waals surface area contributed by atoms with E-state index in [1.54, 1.807) is 11.3 Å². The van der Waals surface area contributed by atoms with Gasteiger partial charge in [-0.25, -0.2) is 4.98 Å². The minimum absolute atomic E-state index is 0.881. The summed E-state index contributed by atoms with van der Waals surface area (Å²) in [6, 6.07) is 4.25. The van der Waals surface area contributed by atoms with E-state index in [1.165, 1.54) is 10.7 Å². The Kier molecular flexibility index (Phi) is 3.74. The highest BCUT2D eigenvalue weighted by molar-refractivity contribution is 7.09. The van der Waals surface area contributed by atoms with E-state index in [0.717, 1.165) is 25.3 Å². The molecule has 0 radical (unpaired) electrons. The first-order chi connectivity index (χ1) is 7.79. The highest BCUT2D eigenvalue weighted by atomic mass is 32.1. The molecule has 0 fully saturated rings. The lowest BCUT2D eigenvalue weighted by Gasteiger charge is -2.07. The number of rotatable bonds is 5. The van der Waals surface area contributed by atoms with Crippen LogP contribution in [0, 0.1) is 6.92 Å². The van der Waals surface area contributed by atoms with Crippen molar-refractivity contribution in [2.75, 3.05) is 6.54 Å². The van der Waals surface area contributed by atoms with Crippen molar-refractivity contribution in [3.05, 3.63) is 40.1 Å². The molecule has 3 nitrogen and oxygen atoms in total. The van der Waals surface area contributed by atoms with Gasteiger partial charge in [0.1, 0.15) is 5.01 Å². The summed E-state index contributed by atoms with van der Waals surface area (Å²) >= 11 is 1.73.